The summed E-state index contributed by atoms with van der Waals surface area (Å²) in [6.45, 7) is 0. The molecule has 128 valence electrons. The number of aryl methyl sites for hydroxylation is 2. The quantitative estimate of drug-likeness (QED) is 0.690. The second kappa shape index (κ2) is 6.35. The van der Waals surface area contributed by atoms with Gasteiger partial charge in [-0.2, -0.15) is 0 Å². The minimum absolute atomic E-state index is 0.163. The Morgan fingerprint density at radius 2 is 2.04 bits per heavy atom. The number of aromatic nitrogens is 2. The summed E-state index contributed by atoms with van der Waals surface area (Å²) in [5.41, 5.74) is 1.28. The van der Waals surface area contributed by atoms with Crippen LogP contribution in [0, 0.1) is 11.6 Å². The normalized spacial score (nSPS) is 14.8. The van der Waals surface area contributed by atoms with Crippen molar-refractivity contribution in [3.63, 3.8) is 0 Å². The standard InChI is InChI=1S/C18H13ClF2N2OS/c19-11(7-9-5-6-12(20)13(21)8-9)16-22-17(24)15-10-3-1-2-4-14(10)25-18(15)23-16/h5-8H,1-4H2,(H,22,23,24)/b11-7-. The molecule has 1 aliphatic rings. The number of nitrogens with one attached hydrogen (secondary N) is 1. The van der Waals surface area contributed by atoms with Crippen LogP contribution >= 0.6 is 22.9 Å². The van der Waals surface area contributed by atoms with E-state index in [2.05, 4.69) is 9.97 Å². The molecular weight excluding hydrogens is 366 g/mol. The summed E-state index contributed by atoms with van der Waals surface area (Å²) in [5.74, 6) is -1.66. The lowest BCUT2D eigenvalue weighted by atomic mass is 9.97. The third-order valence-corrected chi connectivity index (χ3v) is 5.76. The Hall–Kier alpha value is -2.05. The van der Waals surface area contributed by atoms with E-state index in [-0.39, 0.29) is 16.4 Å². The molecule has 0 aliphatic heterocycles. The summed E-state index contributed by atoms with van der Waals surface area (Å²) in [5, 5.41) is 0.817. The highest BCUT2D eigenvalue weighted by molar-refractivity contribution is 7.18. The average molecular weight is 379 g/mol. The molecule has 7 heteroatoms. The van der Waals surface area contributed by atoms with Gasteiger partial charge in [0.2, 0.25) is 0 Å². The van der Waals surface area contributed by atoms with E-state index < -0.39 is 11.6 Å². The van der Waals surface area contributed by atoms with Gasteiger partial charge in [-0.3, -0.25) is 4.79 Å². The van der Waals surface area contributed by atoms with E-state index in [1.807, 2.05) is 0 Å². The lowest BCUT2D eigenvalue weighted by Crippen LogP contribution is -2.12. The zero-order valence-electron chi connectivity index (χ0n) is 13.0. The predicted octanol–water partition coefficient (Wildman–Crippen LogP) is 4.88. The van der Waals surface area contributed by atoms with Gasteiger partial charge in [-0.05, 0) is 55.0 Å². The van der Waals surface area contributed by atoms with Gasteiger partial charge in [0.25, 0.3) is 5.56 Å². The van der Waals surface area contributed by atoms with Gasteiger partial charge >= 0.3 is 0 Å². The number of thiophene rings is 1. The zero-order chi connectivity index (χ0) is 17.6. The van der Waals surface area contributed by atoms with E-state index in [0.717, 1.165) is 43.4 Å². The van der Waals surface area contributed by atoms with Crippen LogP contribution in [0.4, 0.5) is 8.78 Å². The minimum atomic E-state index is -0.957. The maximum atomic E-state index is 13.3. The lowest BCUT2D eigenvalue weighted by molar-refractivity contribution is 0.508. The molecule has 0 bridgehead atoms. The van der Waals surface area contributed by atoms with Crippen molar-refractivity contribution in [2.75, 3.05) is 0 Å². The van der Waals surface area contributed by atoms with Crippen LogP contribution in [-0.2, 0) is 12.8 Å². The number of H-pyrrole nitrogens is 1. The monoisotopic (exact) mass is 378 g/mol. The molecule has 0 unspecified atom stereocenters. The predicted molar refractivity (Wildman–Crippen MR) is 97.0 cm³/mol. The van der Waals surface area contributed by atoms with E-state index in [1.54, 1.807) is 0 Å². The largest absolute Gasteiger partial charge is 0.305 e. The number of aromatic amines is 1. The van der Waals surface area contributed by atoms with E-state index in [1.165, 1.54) is 28.4 Å². The molecule has 2 aromatic heterocycles. The van der Waals surface area contributed by atoms with Crippen LogP contribution in [0.25, 0.3) is 21.3 Å². The molecule has 0 spiro atoms. The van der Waals surface area contributed by atoms with Crippen LogP contribution in [0.5, 0.6) is 0 Å². The highest BCUT2D eigenvalue weighted by Gasteiger charge is 2.20. The molecule has 0 saturated heterocycles. The molecule has 3 nitrogen and oxygen atoms in total. The number of nitrogens with zero attached hydrogens (tertiary/aromatic N) is 1. The summed E-state index contributed by atoms with van der Waals surface area (Å²) in [6, 6.07) is 3.47. The fourth-order valence-corrected chi connectivity index (χ4v) is 4.57. The molecule has 3 aromatic rings. The fraction of sp³-hybridized carbons (Fsp3) is 0.222. The maximum Gasteiger partial charge on any atom is 0.260 e. The Bertz CT molecular complexity index is 1070. The Morgan fingerprint density at radius 3 is 2.84 bits per heavy atom. The van der Waals surface area contributed by atoms with Crippen LogP contribution < -0.4 is 5.56 Å². The minimum Gasteiger partial charge on any atom is -0.305 e. The third kappa shape index (κ3) is 3.00. The zero-order valence-corrected chi connectivity index (χ0v) is 14.6. The molecule has 0 saturated carbocycles. The molecule has 4 rings (SSSR count). The van der Waals surface area contributed by atoms with Crippen LogP contribution in [0.15, 0.2) is 23.0 Å². The van der Waals surface area contributed by atoms with Crippen molar-refractivity contribution in [3.8, 4) is 0 Å². The van der Waals surface area contributed by atoms with Gasteiger partial charge in [0.05, 0.1) is 10.4 Å². The van der Waals surface area contributed by atoms with Crippen LogP contribution in [-0.4, -0.2) is 9.97 Å². The Balaban J connectivity index is 1.79. The summed E-state index contributed by atoms with van der Waals surface area (Å²) >= 11 is 7.78. The molecule has 25 heavy (non-hydrogen) atoms. The van der Waals surface area contributed by atoms with Crippen LogP contribution in [0.1, 0.15) is 34.7 Å². The van der Waals surface area contributed by atoms with Crippen molar-refractivity contribution in [3.05, 3.63) is 62.0 Å². The fourth-order valence-electron chi connectivity index (χ4n) is 3.09. The van der Waals surface area contributed by atoms with Gasteiger partial charge in [-0.25, -0.2) is 13.8 Å². The van der Waals surface area contributed by atoms with Crippen molar-refractivity contribution in [2.45, 2.75) is 25.7 Å². The number of halogens is 3. The van der Waals surface area contributed by atoms with E-state index in [4.69, 9.17) is 11.6 Å². The first-order chi connectivity index (χ1) is 12.0. The Kier molecular flexibility index (Phi) is 4.17. The maximum absolute atomic E-state index is 13.3. The Morgan fingerprint density at radius 1 is 1.24 bits per heavy atom. The van der Waals surface area contributed by atoms with Crippen LogP contribution in [0.3, 0.4) is 0 Å². The van der Waals surface area contributed by atoms with Gasteiger partial charge in [-0.1, -0.05) is 17.7 Å². The molecule has 1 aliphatic carbocycles. The smallest absolute Gasteiger partial charge is 0.260 e. The number of fused-ring (bicyclic) bond motifs is 3. The summed E-state index contributed by atoms with van der Waals surface area (Å²) in [4.78, 5) is 21.6. The molecular formula is C18H13ClF2N2OS. The first kappa shape index (κ1) is 16.4. The molecule has 0 fully saturated rings. The number of benzene rings is 1. The first-order valence-electron chi connectivity index (χ1n) is 7.90. The van der Waals surface area contributed by atoms with Crippen molar-refractivity contribution in [1.29, 1.82) is 0 Å². The van der Waals surface area contributed by atoms with Gasteiger partial charge in [0.1, 0.15) is 4.83 Å². The number of hydrogen-bond donors (Lipinski definition) is 1. The highest BCUT2D eigenvalue weighted by Crippen LogP contribution is 2.34. The highest BCUT2D eigenvalue weighted by atomic mass is 35.5. The number of hydrogen-bond acceptors (Lipinski definition) is 3. The van der Waals surface area contributed by atoms with Crippen molar-refractivity contribution in [1.82, 2.24) is 9.97 Å². The summed E-state index contributed by atoms with van der Waals surface area (Å²) in [6.07, 6.45) is 5.53. The Labute approximate surface area is 151 Å². The second-order valence-corrected chi connectivity index (χ2v) is 7.46. The van der Waals surface area contributed by atoms with Gasteiger partial charge in [0.15, 0.2) is 17.5 Å². The third-order valence-electron chi connectivity index (χ3n) is 4.29. The average Bonchev–Trinajstić information content (AvgIpc) is 2.97. The van der Waals surface area contributed by atoms with Crippen molar-refractivity contribution < 1.29 is 8.78 Å². The SMILES string of the molecule is O=c1[nH]c(/C(Cl)=C/c2ccc(F)c(F)c2)nc2sc3c(c12)CCCC3. The summed E-state index contributed by atoms with van der Waals surface area (Å²) < 4.78 is 26.3. The van der Waals surface area contributed by atoms with Gasteiger partial charge in [-0.15, -0.1) is 11.3 Å². The molecule has 0 radical (unpaired) electrons. The van der Waals surface area contributed by atoms with Crippen molar-refractivity contribution in [2.24, 2.45) is 0 Å². The van der Waals surface area contributed by atoms with E-state index in [9.17, 15) is 13.6 Å². The molecule has 1 aromatic carbocycles. The topological polar surface area (TPSA) is 45.8 Å². The lowest BCUT2D eigenvalue weighted by Gasteiger charge is -2.09. The molecule has 0 amide bonds. The molecule has 1 N–H and O–H groups in total. The summed E-state index contributed by atoms with van der Waals surface area (Å²) in [7, 11) is 0. The molecule has 2 heterocycles. The molecule has 0 atom stereocenters. The van der Waals surface area contributed by atoms with Gasteiger partial charge in [0, 0.05) is 4.88 Å². The van der Waals surface area contributed by atoms with E-state index >= 15 is 0 Å². The van der Waals surface area contributed by atoms with E-state index in [0.29, 0.717) is 15.8 Å². The van der Waals surface area contributed by atoms with Crippen molar-refractivity contribution >= 4 is 44.3 Å². The van der Waals surface area contributed by atoms with Gasteiger partial charge < -0.3 is 4.98 Å². The number of rotatable bonds is 2. The second-order valence-electron chi connectivity index (χ2n) is 5.97. The van der Waals surface area contributed by atoms with Crippen LogP contribution in [0.2, 0.25) is 0 Å². The first-order valence-corrected chi connectivity index (χ1v) is 9.09.